The van der Waals surface area contributed by atoms with Crippen LogP contribution in [0.3, 0.4) is 0 Å². The lowest BCUT2D eigenvalue weighted by Crippen LogP contribution is -2.47. The van der Waals surface area contributed by atoms with E-state index in [4.69, 9.17) is 27.9 Å². The average molecular weight is 352 g/mol. The van der Waals surface area contributed by atoms with E-state index in [1.54, 1.807) is 30.3 Å². The van der Waals surface area contributed by atoms with Gasteiger partial charge in [0.05, 0.1) is 22.8 Å². The normalized spacial score (nSPS) is 16.4. The van der Waals surface area contributed by atoms with Gasteiger partial charge in [0.15, 0.2) is 0 Å². The first-order valence-electron chi connectivity index (χ1n) is 6.73. The number of rotatable bonds is 2. The summed E-state index contributed by atoms with van der Waals surface area (Å²) < 4.78 is 5.41. The van der Waals surface area contributed by atoms with Crippen LogP contribution < -0.4 is 9.64 Å². The van der Waals surface area contributed by atoms with Crippen molar-refractivity contribution in [3.8, 4) is 5.75 Å². The number of carbonyl (C=O) groups excluding carboxylic acids is 1. The van der Waals surface area contributed by atoms with E-state index in [1.807, 2.05) is 0 Å². The molecule has 0 saturated heterocycles. The number of para-hydroxylation sites is 2. The third kappa shape index (κ3) is 2.98. The fraction of sp³-hybridized carbons (Fsp3) is 0.125. The molecule has 5 nitrogen and oxygen atoms in total. The maximum atomic E-state index is 12.8. The molecule has 1 aliphatic rings. The summed E-state index contributed by atoms with van der Waals surface area (Å²) in [5.74, 6) is -1.21. The van der Waals surface area contributed by atoms with Gasteiger partial charge in [0.2, 0.25) is 6.10 Å². The van der Waals surface area contributed by atoms with Gasteiger partial charge in [-0.05, 0) is 30.3 Å². The molecule has 1 aliphatic heterocycles. The van der Waals surface area contributed by atoms with E-state index >= 15 is 0 Å². The van der Waals surface area contributed by atoms with Crippen LogP contribution in [0.2, 0.25) is 10.0 Å². The zero-order valence-electron chi connectivity index (χ0n) is 11.7. The van der Waals surface area contributed by atoms with E-state index in [0.29, 0.717) is 16.5 Å². The quantitative estimate of drug-likeness (QED) is 0.899. The van der Waals surface area contributed by atoms with Crippen molar-refractivity contribution in [3.63, 3.8) is 0 Å². The number of carboxylic acid groups (broad SMARTS) is 1. The van der Waals surface area contributed by atoms with Crippen LogP contribution in [0.1, 0.15) is 10.4 Å². The highest BCUT2D eigenvalue weighted by molar-refractivity contribution is 6.37. The Hall–Kier alpha value is -2.24. The Bertz CT molecular complexity index is 793. The summed E-state index contributed by atoms with van der Waals surface area (Å²) >= 11 is 11.9. The molecule has 0 fully saturated rings. The van der Waals surface area contributed by atoms with Gasteiger partial charge in [-0.2, -0.15) is 0 Å². The smallest absolute Gasteiger partial charge is 0.346 e. The molecule has 2 aromatic rings. The molecule has 0 aliphatic carbocycles. The number of hydrogen-bond donors (Lipinski definition) is 1. The van der Waals surface area contributed by atoms with Gasteiger partial charge in [-0.1, -0.05) is 35.3 Å². The highest BCUT2D eigenvalue weighted by Crippen LogP contribution is 2.35. The van der Waals surface area contributed by atoms with Crippen molar-refractivity contribution in [3.05, 3.63) is 58.1 Å². The number of halogens is 2. The van der Waals surface area contributed by atoms with Crippen molar-refractivity contribution in [1.82, 2.24) is 0 Å². The Balaban J connectivity index is 2.03. The van der Waals surface area contributed by atoms with Crippen LogP contribution in [0, 0.1) is 0 Å². The predicted octanol–water partition coefficient (Wildman–Crippen LogP) is 3.49. The molecular formula is C16H11Cl2NO4. The van der Waals surface area contributed by atoms with Gasteiger partial charge < -0.3 is 14.7 Å². The number of nitrogens with zero attached hydrogens (tertiary/aromatic N) is 1. The zero-order valence-corrected chi connectivity index (χ0v) is 13.2. The van der Waals surface area contributed by atoms with E-state index in [0.717, 1.165) is 0 Å². The van der Waals surface area contributed by atoms with Gasteiger partial charge in [0, 0.05) is 5.02 Å². The topological polar surface area (TPSA) is 66.8 Å². The minimum atomic E-state index is -1.14. The van der Waals surface area contributed by atoms with Crippen molar-refractivity contribution in [1.29, 1.82) is 0 Å². The first kappa shape index (κ1) is 15.6. The minimum absolute atomic E-state index is 0.107. The van der Waals surface area contributed by atoms with Gasteiger partial charge in [-0.3, -0.25) is 4.79 Å². The molecule has 7 heteroatoms. The van der Waals surface area contributed by atoms with E-state index in [-0.39, 0.29) is 17.1 Å². The molecule has 23 heavy (non-hydrogen) atoms. The first-order chi connectivity index (χ1) is 11.0. The molecule has 0 aromatic heterocycles. The molecule has 3 rings (SSSR count). The van der Waals surface area contributed by atoms with E-state index in [2.05, 4.69) is 0 Å². The first-order valence-corrected chi connectivity index (χ1v) is 7.48. The number of anilines is 1. The van der Waals surface area contributed by atoms with Crippen LogP contribution in [0.25, 0.3) is 0 Å². The third-order valence-electron chi connectivity index (χ3n) is 3.46. The zero-order chi connectivity index (χ0) is 16.6. The van der Waals surface area contributed by atoms with Gasteiger partial charge in [-0.25, -0.2) is 4.79 Å². The highest BCUT2D eigenvalue weighted by Gasteiger charge is 2.34. The number of aliphatic carboxylic acids is 1. The molecule has 0 bridgehead atoms. The summed E-state index contributed by atoms with van der Waals surface area (Å²) in [4.78, 5) is 25.4. The molecule has 1 atom stereocenters. The molecule has 1 amide bonds. The van der Waals surface area contributed by atoms with Crippen molar-refractivity contribution in [2.24, 2.45) is 0 Å². The van der Waals surface area contributed by atoms with Crippen molar-refractivity contribution >= 4 is 40.8 Å². The molecule has 0 radical (unpaired) electrons. The largest absolute Gasteiger partial charge is 0.478 e. The fourth-order valence-electron chi connectivity index (χ4n) is 2.36. The monoisotopic (exact) mass is 351 g/mol. The Morgan fingerprint density at radius 2 is 1.91 bits per heavy atom. The summed E-state index contributed by atoms with van der Waals surface area (Å²) in [6.45, 7) is -0.107. The number of amides is 1. The second kappa shape index (κ2) is 6.10. The molecule has 1 heterocycles. The van der Waals surface area contributed by atoms with E-state index in [9.17, 15) is 14.7 Å². The summed E-state index contributed by atoms with van der Waals surface area (Å²) in [5, 5.41) is 9.84. The van der Waals surface area contributed by atoms with Gasteiger partial charge in [0.25, 0.3) is 5.91 Å². The van der Waals surface area contributed by atoms with Crippen LogP contribution in [0.5, 0.6) is 5.75 Å². The van der Waals surface area contributed by atoms with Crippen molar-refractivity contribution < 1.29 is 19.4 Å². The Morgan fingerprint density at radius 1 is 1.17 bits per heavy atom. The van der Waals surface area contributed by atoms with Gasteiger partial charge in [-0.15, -0.1) is 0 Å². The van der Waals surface area contributed by atoms with Crippen LogP contribution in [0.15, 0.2) is 42.5 Å². The Morgan fingerprint density at radius 3 is 2.61 bits per heavy atom. The Kier molecular flexibility index (Phi) is 4.15. The second-order valence-electron chi connectivity index (χ2n) is 4.95. The lowest BCUT2D eigenvalue weighted by molar-refractivity contribution is -0.144. The average Bonchev–Trinajstić information content (AvgIpc) is 2.53. The lowest BCUT2D eigenvalue weighted by atomic mass is 10.1. The summed E-state index contributed by atoms with van der Waals surface area (Å²) in [7, 11) is 0. The fourth-order valence-corrected chi connectivity index (χ4v) is 2.85. The molecule has 118 valence electrons. The summed E-state index contributed by atoms with van der Waals surface area (Å²) in [5.41, 5.74) is 0.748. The van der Waals surface area contributed by atoms with Crippen LogP contribution in [-0.4, -0.2) is 29.6 Å². The van der Waals surface area contributed by atoms with E-state index < -0.39 is 18.0 Å². The van der Waals surface area contributed by atoms with Crippen molar-refractivity contribution in [2.45, 2.75) is 6.10 Å². The van der Waals surface area contributed by atoms with Crippen LogP contribution in [0.4, 0.5) is 5.69 Å². The van der Waals surface area contributed by atoms with Crippen LogP contribution >= 0.6 is 23.2 Å². The summed E-state index contributed by atoms with van der Waals surface area (Å²) in [6.07, 6.45) is -1.14. The molecule has 0 unspecified atom stereocenters. The maximum Gasteiger partial charge on any atom is 0.346 e. The molecule has 0 spiro atoms. The maximum absolute atomic E-state index is 12.8. The van der Waals surface area contributed by atoms with Crippen molar-refractivity contribution in [2.75, 3.05) is 11.4 Å². The number of carbonyl (C=O) groups is 2. The Labute approximate surface area is 142 Å². The number of ether oxygens (including phenoxy) is 1. The lowest BCUT2D eigenvalue weighted by Gasteiger charge is -2.33. The molecule has 0 saturated carbocycles. The predicted molar refractivity (Wildman–Crippen MR) is 86.6 cm³/mol. The third-order valence-corrected chi connectivity index (χ3v) is 4.00. The standard InChI is InChI=1S/C16H11Cl2NO4/c17-9-5-6-10(11(18)7-9)15(20)19-8-14(16(21)22)23-13-4-2-1-3-12(13)19/h1-7,14H,8H2,(H,21,22)/t14-/m1/s1. The molecule has 1 N–H and O–H groups in total. The number of benzene rings is 2. The second-order valence-corrected chi connectivity index (χ2v) is 5.80. The molecular weight excluding hydrogens is 341 g/mol. The molecule has 2 aromatic carbocycles. The number of fused-ring (bicyclic) bond motifs is 1. The number of hydrogen-bond acceptors (Lipinski definition) is 3. The SMILES string of the molecule is O=C(O)[C@H]1CN(C(=O)c2ccc(Cl)cc2Cl)c2ccccc2O1. The van der Waals surface area contributed by atoms with E-state index in [1.165, 1.54) is 17.0 Å². The van der Waals surface area contributed by atoms with Gasteiger partial charge in [0.1, 0.15) is 5.75 Å². The summed E-state index contributed by atoms with van der Waals surface area (Å²) in [6, 6.07) is 11.3. The number of carboxylic acids is 1. The minimum Gasteiger partial charge on any atom is -0.478 e. The highest BCUT2D eigenvalue weighted by atomic mass is 35.5. The van der Waals surface area contributed by atoms with Crippen LogP contribution in [-0.2, 0) is 4.79 Å². The van der Waals surface area contributed by atoms with Gasteiger partial charge >= 0.3 is 5.97 Å².